The van der Waals surface area contributed by atoms with Crippen molar-refractivity contribution in [2.45, 2.75) is 13.5 Å². The number of halogens is 1. The molecule has 0 aliphatic carbocycles. The van der Waals surface area contributed by atoms with Crippen molar-refractivity contribution in [3.8, 4) is 5.75 Å². The summed E-state index contributed by atoms with van der Waals surface area (Å²) in [6.07, 6.45) is 0. The molecule has 1 fully saturated rings. The van der Waals surface area contributed by atoms with Crippen LogP contribution in [0.15, 0.2) is 48.5 Å². The monoisotopic (exact) mass is 342 g/mol. The van der Waals surface area contributed by atoms with Crippen LogP contribution in [0.1, 0.15) is 22.8 Å². The van der Waals surface area contributed by atoms with Crippen LogP contribution in [0.3, 0.4) is 0 Å². The molecule has 2 aromatic rings. The van der Waals surface area contributed by atoms with E-state index in [9.17, 15) is 9.18 Å². The number of para-hydroxylation sites is 1. The molecule has 1 heterocycles. The SMILES string of the molecule is CCOc1ccccc1CN1CCN(C(=O)c2ccccc2F)CC1. The number of piperazine rings is 1. The number of ether oxygens (including phenoxy) is 1. The Hall–Kier alpha value is -2.40. The molecule has 0 saturated carbocycles. The molecule has 0 unspecified atom stereocenters. The largest absolute Gasteiger partial charge is 0.494 e. The molecule has 3 rings (SSSR count). The Morgan fingerprint density at radius 1 is 1.04 bits per heavy atom. The second-order valence-corrected chi connectivity index (χ2v) is 6.09. The highest BCUT2D eigenvalue weighted by atomic mass is 19.1. The Labute approximate surface area is 147 Å². The number of benzene rings is 2. The fourth-order valence-electron chi connectivity index (χ4n) is 3.09. The number of nitrogens with zero attached hydrogens (tertiary/aromatic N) is 2. The quantitative estimate of drug-likeness (QED) is 0.837. The van der Waals surface area contributed by atoms with E-state index in [-0.39, 0.29) is 11.5 Å². The zero-order valence-electron chi connectivity index (χ0n) is 14.5. The summed E-state index contributed by atoms with van der Waals surface area (Å²) in [4.78, 5) is 16.5. The summed E-state index contributed by atoms with van der Waals surface area (Å²) in [6, 6.07) is 14.2. The number of hydrogen-bond donors (Lipinski definition) is 0. The Morgan fingerprint density at radius 3 is 2.44 bits per heavy atom. The molecule has 0 atom stereocenters. The number of amides is 1. The normalized spacial score (nSPS) is 15.2. The van der Waals surface area contributed by atoms with Crippen LogP contribution < -0.4 is 4.74 Å². The van der Waals surface area contributed by atoms with Crippen molar-refractivity contribution >= 4 is 5.91 Å². The van der Waals surface area contributed by atoms with Gasteiger partial charge in [-0.1, -0.05) is 30.3 Å². The molecule has 132 valence electrons. The summed E-state index contributed by atoms with van der Waals surface area (Å²) in [6.45, 7) is 6.14. The van der Waals surface area contributed by atoms with Gasteiger partial charge in [0, 0.05) is 38.3 Å². The molecule has 1 saturated heterocycles. The Balaban J connectivity index is 1.59. The first-order chi connectivity index (χ1) is 12.2. The molecule has 25 heavy (non-hydrogen) atoms. The van der Waals surface area contributed by atoms with Gasteiger partial charge in [-0.15, -0.1) is 0 Å². The van der Waals surface area contributed by atoms with Crippen molar-refractivity contribution in [3.63, 3.8) is 0 Å². The van der Waals surface area contributed by atoms with E-state index in [1.165, 1.54) is 6.07 Å². The van der Waals surface area contributed by atoms with Crippen molar-refractivity contribution in [2.75, 3.05) is 32.8 Å². The molecule has 1 amide bonds. The summed E-state index contributed by atoms with van der Waals surface area (Å²) in [7, 11) is 0. The van der Waals surface area contributed by atoms with Crippen LogP contribution in [-0.4, -0.2) is 48.5 Å². The van der Waals surface area contributed by atoms with E-state index in [4.69, 9.17) is 4.74 Å². The van der Waals surface area contributed by atoms with E-state index in [1.807, 2.05) is 25.1 Å². The number of hydrogen-bond acceptors (Lipinski definition) is 3. The van der Waals surface area contributed by atoms with Gasteiger partial charge in [0.05, 0.1) is 12.2 Å². The lowest BCUT2D eigenvalue weighted by Gasteiger charge is -2.35. The number of rotatable bonds is 5. The fourth-order valence-corrected chi connectivity index (χ4v) is 3.09. The van der Waals surface area contributed by atoms with E-state index >= 15 is 0 Å². The molecule has 0 N–H and O–H groups in total. The summed E-state index contributed by atoms with van der Waals surface area (Å²) in [5.41, 5.74) is 1.30. The minimum atomic E-state index is -0.458. The Kier molecular flexibility index (Phi) is 5.66. The average molecular weight is 342 g/mol. The first kappa shape index (κ1) is 17.4. The lowest BCUT2D eigenvalue weighted by atomic mass is 10.1. The maximum Gasteiger partial charge on any atom is 0.256 e. The molecular formula is C20H23FN2O2. The number of carbonyl (C=O) groups excluding carboxylic acids is 1. The van der Waals surface area contributed by atoms with Crippen LogP contribution in [0.5, 0.6) is 5.75 Å². The smallest absolute Gasteiger partial charge is 0.256 e. The Bertz CT molecular complexity index is 727. The highest BCUT2D eigenvalue weighted by molar-refractivity contribution is 5.94. The van der Waals surface area contributed by atoms with E-state index in [0.29, 0.717) is 19.7 Å². The van der Waals surface area contributed by atoms with Gasteiger partial charge < -0.3 is 9.64 Å². The van der Waals surface area contributed by atoms with Crippen LogP contribution in [0.4, 0.5) is 4.39 Å². The first-order valence-electron chi connectivity index (χ1n) is 8.66. The Morgan fingerprint density at radius 2 is 1.72 bits per heavy atom. The molecule has 2 aromatic carbocycles. The molecule has 0 radical (unpaired) electrons. The van der Waals surface area contributed by atoms with E-state index in [1.54, 1.807) is 23.1 Å². The van der Waals surface area contributed by atoms with Gasteiger partial charge in [0.1, 0.15) is 11.6 Å². The van der Waals surface area contributed by atoms with Gasteiger partial charge in [-0.05, 0) is 25.1 Å². The van der Waals surface area contributed by atoms with Crippen LogP contribution in [0.25, 0.3) is 0 Å². The predicted molar refractivity (Wildman–Crippen MR) is 95.2 cm³/mol. The van der Waals surface area contributed by atoms with Crippen molar-refractivity contribution in [1.29, 1.82) is 0 Å². The van der Waals surface area contributed by atoms with Gasteiger partial charge in [0.2, 0.25) is 0 Å². The third kappa shape index (κ3) is 4.17. The summed E-state index contributed by atoms with van der Waals surface area (Å²) in [5.74, 6) is 0.225. The third-order valence-electron chi connectivity index (χ3n) is 4.43. The van der Waals surface area contributed by atoms with Crippen molar-refractivity contribution < 1.29 is 13.9 Å². The fraction of sp³-hybridized carbons (Fsp3) is 0.350. The van der Waals surface area contributed by atoms with E-state index in [2.05, 4.69) is 11.0 Å². The lowest BCUT2D eigenvalue weighted by molar-refractivity contribution is 0.0622. The predicted octanol–water partition coefficient (Wildman–Crippen LogP) is 3.18. The van der Waals surface area contributed by atoms with Crippen LogP contribution in [0.2, 0.25) is 0 Å². The van der Waals surface area contributed by atoms with Gasteiger partial charge in [0.15, 0.2) is 0 Å². The summed E-state index contributed by atoms with van der Waals surface area (Å²) < 4.78 is 19.5. The molecule has 0 bridgehead atoms. The minimum Gasteiger partial charge on any atom is -0.494 e. The van der Waals surface area contributed by atoms with Crippen molar-refractivity contribution in [3.05, 3.63) is 65.5 Å². The standard InChI is InChI=1S/C20H23FN2O2/c1-2-25-19-10-6-3-7-16(19)15-22-11-13-23(14-12-22)20(24)17-8-4-5-9-18(17)21/h3-10H,2,11-15H2,1H3. The van der Waals surface area contributed by atoms with Crippen LogP contribution >= 0.6 is 0 Å². The van der Waals surface area contributed by atoms with E-state index < -0.39 is 5.82 Å². The molecule has 4 nitrogen and oxygen atoms in total. The minimum absolute atomic E-state index is 0.151. The van der Waals surface area contributed by atoms with Gasteiger partial charge in [0.25, 0.3) is 5.91 Å². The molecule has 0 spiro atoms. The zero-order chi connectivity index (χ0) is 17.6. The topological polar surface area (TPSA) is 32.8 Å². The number of carbonyl (C=O) groups is 1. The highest BCUT2D eigenvalue weighted by Gasteiger charge is 2.24. The van der Waals surface area contributed by atoms with Gasteiger partial charge in [-0.2, -0.15) is 0 Å². The summed E-state index contributed by atoms with van der Waals surface area (Å²) in [5, 5.41) is 0. The van der Waals surface area contributed by atoms with Crippen LogP contribution in [0, 0.1) is 5.82 Å². The van der Waals surface area contributed by atoms with Gasteiger partial charge in [-0.25, -0.2) is 4.39 Å². The van der Waals surface area contributed by atoms with Crippen molar-refractivity contribution in [2.24, 2.45) is 0 Å². The lowest BCUT2D eigenvalue weighted by Crippen LogP contribution is -2.48. The summed E-state index contributed by atoms with van der Waals surface area (Å²) >= 11 is 0. The highest BCUT2D eigenvalue weighted by Crippen LogP contribution is 2.21. The zero-order valence-corrected chi connectivity index (χ0v) is 14.5. The van der Waals surface area contributed by atoms with Gasteiger partial charge >= 0.3 is 0 Å². The van der Waals surface area contributed by atoms with Crippen LogP contribution in [-0.2, 0) is 6.54 Å². The van der Waals surface area contributed by atoms with E-state index in [0.717, 1.165) is 30.9 Å². The second-order valence-electron chi connectivity index (χ2n) is 6.09. The average Bonchev–Trinajstić information content (AvgIpc) is 2.64. The molecule has 1 aliphatic heterocycles. The maximum absolute atomic E-state index is 13.8. The molecule has 5 heteroatoms. The molecule has 1 aliphatic rings. The molecular weight excluding hydrogens is 319 g/mol. The maximum atomic E-state index is 13.8. The van der Waals surface area contributed by atoms with Gasteiger partial charge in [-0.3, -0.25) is 9.69 Å². The second kappa shape index (κ2) is 8.12. The third-order valence-corrected chi connectivity index (χ3v) is 4.43. The first-order valence-corrected chi connectivity index (χ1v) is 8.66. The molecule has 0 aromatic heterocycles. The van der Waals surface area contributed by atoms with Crippen molar-refractivity contribution in [1.82, 2.24) is 9.80 Å².